The van der Waals surface area contributed by atoms with Gasteiger partial charge in [-0.05, 0) is 20.4 Å². The van der Waals surface area contributed by atoms with Gasteiger partial charge in [-0.1, -0.05) is 18.8 Å². The highest BCUT2D eigenvalue weighted by atomic mass is 15.3. The summed E-state index contributed by atoms with van der Waals surface area (Å²) < 4.78 is 1.91. The summed E-state index contributed by atoms with van der Waals surface area (Å²) in [6.45, 7) is 8.73. The van der Waals surface area contributed by atoms with Crippen molar-refractivity contribution in [2.45, 2.75) is 27.3 Å². The minimum atomic E-state index is 0.743. The van der Waals surface area contributed by atoms with Gasteiger partial charge in [0.15, 0.2) is 0 Å². The first-order valence-corrected chi connectivity index (χ1v) is 5.01. The SMILES string of the molecule is CCNCC#Cc1cn(CC)nc1C. The molecule has 0 aliphatic carbocycles. The van der Waals surface area contributed by atoms with Crippen molar-refractivity contribution in [1.82, 2.24) is 15.1 Å². The molecule has 0 saturated heterocycles. The molecule has 0 aliphatic heterocycles. The average Bonchev–Trinajstić information content (AvgIpc) is 2.54. The fourth-order valence-corrected chi connectivity index (χ4v) is 1.13. The van der Waals surface area contributed by atoms with Crippen LogP contribution in [0.5, 0.6) is 0 Å². The quantitative estimate of drug-likeness (QED) is 0.574. The molecule has 0 amide bonds. The summed E-state index contributed by atoms with van der Waals surface area (Å²) in [5, 5.41) is 7.48. The summed E-state index contributed by atoms with van der Waals surface area (Å²) in [5.74, 6) is 6.17. The molecule has 1 N–H and O–H groups in total. The summed E-state index contributed by atoms with van der Waals surface area (Å²) in [6, 6.07) is 0. The number of aromatic nitrogens is 2. The third-order valence-electron chi connectivity index (χ3n) is 1.96. The van der Waals surface area contributed by atoms with E-state index < -0.39 is 0 Å². The van der Waals surface area contributed by atoms with E-state index >= 15 is 0 Å². The van der Waals surface area contributed by atoms with Crippen molar-refractivity contribution in [3.63, 3.8) is 0 Å². The van der Waals surface area contributed by atoms with Crippen molar-refractivity contribution in [1.29, 1.82) is 0 Å². The molecule has 0 fully saturated rings. The topological polar surface area (TPSA) is 29.9 Å². The van der Waals surface area contributed by atoms with Crippen molar-refractivity contribution in [2.75, 3.05) is 13.1 Å². The molecular formula is C11H17N3. The monoisotopic (exact) mass is 191 g/mol. The summed E-state index contributed by atoms with van der Waals surface area (Å²) >= 11 is 0. The number of hydrogen-bond acceptors (Lipinski definition) is 2. The minimum absolute atomic E-state index is 0.743. The van der Waals surface area contributed by atoms with E-state index in [1.54, 1.807) is 0 Å². The van der Waals surface area contributed by atoms with E-state index in [4.69, 9.17) is 0 Å². The van der Waals surface area contributed by atoms with Gasteiger partial charge in [-0.2, -0.15) is 5.10 Å². The van der Waals surface area contributed by atoms with E-state index in [9.17, 15) is 0 Å². The lowest BCUT2D eigenvalue weighted by molar-refractivity contribution is 0.653. The first kappa shape index (κ1) is 10.8. The molecule has 76 valence electrons. The second-order valence-corrected chi connectivity index (χ2v) is 3.07. The van der Waals surface area contributed by atoms with Gasteiger partial charge in [-0.25, -0.2) is 0 Å². The maximum Gasteiger partial charge on any atom is 0.0750 e. The Kier molecular flexibility index (Phi) is 4.21. The van der Waals surface area contributed by atoms with E-state index in [0.29, 0.717) is 0 Å². The molecule has 1 rings (SSSR count). The van der Waals surface area contributed by atoms with Gasteiger partial charge in [0, 0.05) is 12.7 Å². The summed E-state index contributed by atoms with van der Waals surface area (Å²) in [4.78, 5) is 0. The Hall–Kier alpha value is -1.27. The van der Waals surface area contributed by atoms with Crippen LogP contribution in [0.4, 0.5) is 0 Å². The highest BCUT2D eigenvalue weighted by Crippen LogP contribution is 2.02. The minimum Gasteiger partial charge on any atom is -0.306 e. The first-order valence-electron chi connectivity index (χ1n) is 5.01. The average molecular weight is 191 g/mol. The zero-order valence-electron chi connectivity index (χ0n) is 9.09. The van der Waals surface area contributed by atoms with Gasteiger partial charge < -0.3 is 5.32 Å². The molecule has 0 spiro atoms. The molecule has 14 heavy (non-hydrogen) atoms. The standard InChI is InChI=1S/C11H17N3/c1-4-12-8-6-7-11-9-14(5-2)13-10(11)3/h9,12H,4-5,8H2,1-3H3. The molecule has 3 heteroatoms. The number of aryl methyl sites for hydroxylation is 2. The molecule has 0 radical (unpaired) electrons. The van der Waals surface area contributed by atoms with Crippen LogP contribution in [0, 0.1) is 18.8 Å². The van der Waals surface area contributed by atoms with Crippen LogP contribution < -0.4 is 5.32 Å². The summed E-state index contributed by atoms with van der Waals surface area (Å²) in [5.41, 5.74) is 2.04. The van der Waals surface area contributed by atoms with Crippen molar-refractivity contribution < 1.29 is 0 Å². The second kappa shape index (κ2) is 5.46. The van der Waals surface area contributed by atoms with Crippen molar-refractivity contribution in [3.8, 4) is 11.8 Å². The van der Waals surface area contributed by atoms with Crippen LogP contribution in [0.25, 0.3) is 0 Å². The van der Waals surface area contributed by atoms with Crippen LogP contribution in [0.2, 0.25) is 0 Å². The second-order valence-electron chi connectivity index (χ2n) is 3.07. The smallest absolute Gasteiger partial charge is 0.0750 e. The molecule has 1 aromatic heterocycles. The highest BCUT2D eigenvalue weighted by molar-refractivity contribution is 5.35. The zero-order chi connectivity index (χ0) is 10.4. The molecular weight excluding hydrogens is 174 g/mol. The van der Waals surface area contributed by atoms with Crippen molar-refractivity contribution in [2.24, 2.45) is 0 Å². The Labute approximate surface area is 85.5 Å². The van der Waals surface area contributed by atoms with E-state index in [-0.39, 0.29) is 0 Å². The molecule has 0 saturated carbocycles. The predicted molar refractivity (Wildman–Crippen MR) is 58.1 cm³/mol. The fourth-order valence-electron chi connectivity index (χ4n) is 1.13. The Bertz CT molecular complexity index is 341. The summed E-state index contributed by atoms with van der Waals surface area (Å²) in [6.07, 6.45) is 1.99. The van der Waals surface area contributed by atoms with Gasteiger partial charge in [0.25, 0.3) is 0 Å². The van der Waals surface area contributed by atoms with Gasteiger partial charge >= 0.3 is 0 Å². The molecule has 3 nitrogen and oxygen atoms in total. The van der Waals surface area contributed by atoms with Crippen LogP contribution in [0.15, 0.2) is 6.20 Å². The van der Waals surface area contributed by atoms with Crippen LogP contribution in [-0.2, 0) is 6.54 Å². The maximum atomic E-state index is 4.32. The van der Waals surface area contributed by atoms with Crippen LogP contribution in [0.3, 0.4) is 0 Å². The lowest BCUT2D eigenvalue weighted by Crippen LogP contribution is -2.11. The third kappa shape index (κ3) is 2.90. The maximum absolute atomic E-state index is 4.32. The number of hydrogen-bond donors (Lipinski definition) is 1. The number of nitrogens with one attached hydrogen (secondary N) is 1. The Morgan fingerprint density at radius 1 is 1.50 bits per heavy atom. The molecule has 0 unspecified atom stereocenters. The lowest BCUT2D eigenvalue weighted by Gasteiger charge is -1.89. The Balaban J connectivity index is 2.64. The lowest BCUT2D eigenvalue weighted by atomic mass is 10.3. The van der Waals surface area contributed by atoms with Gasteiger partial charge in [0.1, 0.15) is 0 Å². The van der Waals surface area contributed by atoms with E-state index in [1.807, 2.05) is 17.8 Å². The van der Waals surface area contributed by atoms with Crippen molar-refractivity contribution >= 4 is 0 Å². The first-order chi connectivity index (χ1) is 6.77. The predicted octanol–water partition coefficient (Wildman–Crippen LogP) is 1.17. The molecule has 1 heterocycles. The van der Waals surface area contributed by atoms with Gasteiger partial charge in [0.05, 0.1) is 17.8 Å². The van der Waals surface area contributed by atoms with E-state index in [0.717, 1.165) is 30.9 Å². The van der Waals surface area contributed by atoms with Crippen LogP contribution >= 0.6 is 0 Å². The largest absolute Gasteiger partial charge is 0.306 e. The summed E-state index contributed by atoms with van der Waals surface area (Å²) in [7, 11) is 0. The third-order valence-corrected chi connectivity index (χ3v) is 1.96. The molecule has 0 bridgehead atoms. The van der Waals surface area contributed by atoms with E-state index in [2.05, 4.69) is 36.1 Å². The Morgan fingerprint density at radius 3 is 2.86 bits per heavy atom. The van der Waals surface area contributed by atoms with Gasteiger partial charge in [-0.15, -0.1) is 0 Å². The number of rotatable bonds is 3. The fraction of sp³-hybridized carbons (Fsp3) is 0.545. The molecule has 1 aromatic rings. The number of nitrogens with zero attached hydrogens (tertiary/aromatic N) is 2. The van der Waals surface area contributed by atoms with Gasteiger partial charge in [-0.3, -0.25) is 4.68 Å². The van der Waals surface area contributed by atoms with Crippen molar-refractivity contribution in [3.05, 3.63) is 17.5 Å². The van der Waals surface area contributed by atoms with Crippen LogP contribution in [0.1, 0.15) is 25.1 Å². The zero-order valence-corrected chi connectivity index (χ0v) is 9.09. The van der Waals surface area contributed by atoms with Gasteiger partial charge in [0.2, 0.25) is 0 Å². The normalized spacial score (nSPS) is 9.64. The molecule has 0 aliphatic rings. The Morgan fingerprint density at radius 2 is 2.29 bits per heavy atom. The van der Waals surface area contributed by atoms with E-state index in [1.165, 1.54) is 0 Å². The highest BCUT2D eigenvalue weighted by Gasteiger charge is 1.99. The molecule has 0 aromatic carbocycles. The van der Waals surface area contributed by atoms with Crippen LogP contribution in [-0.4, -0.2) is 22.9 Å². The molecule has 0 atom stereocenters.